The largest absolute Gasteiger partial charge is 0.495 e. The summed E-state index contributed by atoms with van der Waals surface area (Å²) < 4.78 is 5.61. The first kappa shape index (κ1) is 17.1. The number of ether oxygens (including phenoxy) is 1. The molecular formula is C15H24N2OS2. The van der Waals surface area contributed by atoms with Gasteiger partial charge >= 0.3 is 0 Å². The second kappa shape index (κ2) is 7.74. The fourth-order valence-corrected chi connectivity index (χ4v) is 2.64. The van der Waals surface area contributed by atoms with E-state index in [9.17, 15) is 0 Å². The van der Waals surface area contributed by atoms with Crippen LogP contribution in [0.15, 0.2) is 18.2 Å². The van der Waals surface area contributed by atoms with E-state index in [0.717, 1.165) is 23.7 Å². The molecule has 5 heteroatoms. The number of thioether (sulfide) groups is 1. The maximum Gasteiger partial charge on any atom is 0.170 e. The summed E-state index contributed by atoms with van der Waals surface area (Å²) in [5, 5.41) is 7.03. The van der Waals surface area contributed by atoms with E-state index < -0.39 is 0 Å². The molecular weight excluding hydrogens is 288 g/mol. The fraction of sp³-hybridized carbons (Fsp3) is 0.533. The second-order valence-electron chi connectivity index (χ2n) is 5.55. The summed E-state index contributed by atoms with van der Waals surface area (Å²) in [7, 11) is 1.66. The van der Waals surface area contributed by atoms with E-state index in [0.29, 0.717) is 5.11 Å². The third-order valence-corrected chi connectivity index (χ3v) is 4.05. The fourth-order valence-electron chi connectivity index (χ4n) is 1.61. The Morgan fingerprint density at radius 2 is 2.05 bits per heavy atom. The number of aryl methyl sites for hydroxylation is 1. The van der Waals surface area contributed by atoms with E-state index >= 15 is 0 Å². The molecule has 0 spiro atoms. The third kappa shape index (κ3) is 6.48. The van der Waals surface area contributed by atoms with Crippen molar-refractivity contribution in [3.05, 3.63) is 23.8 Å². The van der Waals surface area contributed by atoms with Gasteiger partial charge in [0.25, 0.3) is 0 Å². The van der Waals surface area contributed by atoms with Gasteiger partial charge in [-0.25, -0.2) is 0 Å². The van der Waals surface area contributed by atoms with Gasteiger partial charge in [-0.15, -0.1) is 0 Å². The lowest BCUT2D eigenvalue weighted by Gasteiger charge is -2.18. The smallest absolute Gasteiger partial charge is 0.170 e. The zero-order valence-corrected chi connectivity index (χ0v) is 14.5. The van der Waals surface area contributed by atoms with E-state index in [1.54, 1.807) is 7.11 Å². The number of hydrogen-bond donors (Lipinski definition) is 2. The topological polar surface area (TPSA) is 33.3 Å². The van der Waals surface area contributed by atoms with E-state index in [4.69, 9.17) is 17.0 Å². The predicted molar refractivity (Wildman–Crippen MR) is 94.2 cm³/mol. The van der Waals surface area contributed by atoms with E-state index in [1.165, 1.54) is 5.56 Å². The normalized spacial score (nSPS) is 11.1. The van der Waals surface area contributed by atoms with Crippen LogP contribution in [-0.4, -0.2) is 29.3 Å². The van der Waals surface area contributed by atoms with Gasteiger partial charge in [-0.3, -0.25) is 0 Å². The zero-order valence-electron chi connectivity index (χ0n) is 12.9. The molecule has 1 aromatic rings. The quantitative estimate of drug-likeness (QED) is 0.638. The van der Waals surface area contributed by atoms with Crippen LogP contribution in [0.25, 0.3) is 0 Å². The molecule has 0 bridgehead atoms. The molecule has 0 aliphatic rings. The monoisotopic (exact) mass is 312 g/mol. The molecule has 0 atom stereocenters. The number of rotatable bonds is 5. The minimum absolute atomic E-state index is 0.288. The van der Waals surface area contributed by atoms with Crippen LogP contribution in [0.1, 0.15) is 26.3 Å². The first-order valence-corrected chi connectivity index (χ1v) is 8.04. The molecule has 0 heterocycles. The zero-order chi connectivity index (χ0) is 15.2. The number of hydrogen-bond acceptors (Lipinski definition) is 3. The molecule has 0 aliphatic heterocycles. The van der Waals surface area contributed by atoms with E-state index in [2.05, 4.69) is 31.4 Å². The summed E-state index contributed by atoms with van der Waals surface area (Å²) >= 11 is 7.22. The molecule has 1 aromatic carbocycles. The Morgan fingerprint density at radius 3 is 2.65 bits per heavy atom. The van der Waals surface area contributed by atoms with E-state index in [-0.39, 0.29) is 4.75 Å². The van der Waals surface area contributed by atoms with Crippen molar-refractivity contribution in [3.8, 4) is 5.75 Å². The van der Waals surface area contributed by atoms with Gasteiger partial charge in [0, 0.05) is 17.0 Å². The molecule has 0 fully saturated rings. The Balaban J connectivity index is 2.44. The lowest BCUT2D eigenvalue weighted by Crippen LogP contribution is -2.31. The van der Waals surface area contributed by atoms with Crippen LogP contribution in [0.5, 0.6) is 5.75 Å². The highest BCUT2D eigenvalue weighted by atomic mass is 32.2. The van der Waals surface area contributed by atoms with Crippen molar-refractivity contribution in [2.45, 2.75) is 32.4 Å². The van der Waals surface area contributed by atoms with Crippen molar-refractivity contribution in [2.24, 2.45) is 0 Å². The Bertz CT molecular complexity index is 456. The SMILES string of the molecule is COc1ccc(C)cc1NC(=S)NCCSC(C)(C)C. The molecule has 0 saturated carbocycles. The molecule has 0 unspecified atom stereocenters. The van der Waals surface area contributed by atoms with Crippen LogP contribution < -0.4 is 15.4 Å². The van der Waals surface area contributed by atoms with Gasteiger partial charge in [0.15, 0.2) is 5.11 Å². The minimum Gasteiger partial charge on any atom is -0.495 e. The molecule has 0 radical (unpaired) electrons. The van der Waals surface area contributed by atoms with Crippen molar-refractivity contribution >= 4 is 34.8 Å². The van der Waals surface area contributed by atoms with Crippen LogP contribution in [-0.2, 0) is 0 Å². The van der Waals surface area contributed by atoms with Crippen LogP contribution in [0.2, 0.25) is 0 Å². The van der Waals surface area contributed by atoms with Gasteiger partial charge in [0.1, 0.15) is 5.75 Å². The minimum atomic E-state index is 0.288. The number of anilines is 1. The Morgan fingerprint density at radius 1 is 1.35 bits per heavy atom. The van der Waals surface area contributed by atoms with Crippen molar-refractivity contribution in [1.29, 1.82) is 0 Å². The molecule has 0 aliphatic carbocycles. The van der Waals surface area contributed by atoms with Gasteiger partial charge < -0.3 is 15.4 Å². The standard InChI is InChI=1S/C15H24N2OS2/c1-11-6-7-13(18-5)12(10-11)17-14(19)16-8-9-20-15(2,3)4/h6-7,10H,8-9H2,1-5H3,(H2,16,17,19). The van der Waals surface area contributed by atoms with Crippen LogP contribution in [0.3, 0.4) is 0 Å². The van der Waals surface area contributed by atoms with Gasteiger partial charge in [-0.2, -0.15) is 11.8 Å². The number of nitrogens with one attached hydrogen (secondary N) is 2. The average molecular weight is 313 g/mol. The van der Waals surface area contributed by atoms with Gasteiger partial charge in [-0.1, -0.05) is 26.8 Å². The first-order chi connectivity index (χ1) is 9.31. The Labute approximate surface area is 131 Å². The summed E-state index contributed by atoms with van der Waals surface area (Å²) in [6.07, 6.45) is 0. The summed E-state index contributed by atoms with van der Waals surface area (Å²) in [6.45, 7) is 9.53. The molecule has 1 rings (SSSR count). The summed E-state index contributed by atoms with van der Waals surface area (Å²) in [4.78, 5) is 0. The second-order valence-corrected chi connectivity index (χ2v) is 7.88. The van der Waals surface area contributed by atoms with E-state index in [1.807, 2.05) is 36.9 Å². The van der Waals surface area contributed by atoms with Gasteiger partial charge in [0.2, 0.25) is 0 Å². The summed E-state index contributed by atoms with van der Waals surface area (Å²) in [5.41, 5.74) is 2.06. The first-order valence-electron chi connectivity index (χ1n) is 6.65. The van der Waals surface area contributed by atoms with Crippen LogP contribution in [0, 0.1) is 6.92 Å². The lowest BCUT2D eigenvalue weighted by molar-refractivity contribution is 0.417. The highest BCUT2D eigenvalue weighted by Crippen LogP contribution is 2.25. The lowest BCUT2D eigenvalue weighted by atomic mass is 10.2. The van der Waals surface area contributed by atoms with Crippen molar-refractivity contribution in [3.63, 3.8) is 0 Å². The van der Waals surface area contributed by atoms with Gasteiger partial charge in [-0.05, 0) is 36.8 Å². The summed E-state index contributed by atoms with van der Waals surface area (Å²) in [6, 6.07) is 5.98. The molecule has 0 saturated heterocycles. The van der Waals surface area contributed by atoms with Crippen LogP contribution >= 0.6 is 24.0 Å². The molecule has 2 N–H and O–H groups in total. The third-order valence-electron chi connectivity index (χ3n) is 2.53. The number of benzene rings is 1. The molecule has 20 heavy (non-hydrogen) atoms. The van der Waals surface area contributed by atoms with Crippen molar-refractivity contribution in [2.75, 3.05) is 24.7 Å². The average Bonchev–Trinajstić information content (AvgIpc) is 2.34. The Hall–Kier alpha value is -0.940. The highest BCUT2D eigenvalue weighted by Gasteiger charge is 2.10. The number of thiocarbonyl (C=S) groups is 1. The van der Waals surface area contributed by atoms with Gasteiger partial charge in [0.05, 0.1) is 12.8 Å². The summed E-state index contributed by atoms with van der Waals surface area (Å²) in [5.74, 6) is 1.82. The Kier molecular flexibility index (Phi) is 6.62. The number of methoxy groups -OCH3 is 1. The maximum absolute atomic E-state index is 5.32. The predicted octanol–water partition coefficient (Wildman–Crippen LogP) is 3.82. The maximum atomic E-state index is 5.32. The van der Waals surface area contributed by atoms with Crippen molar-refractivity contribution in [1.82, 2.24) is 5.32 Å². The highest BCUT2D eigenvalue weighted by molar-refractivity contribution is 8.00. The molecule has 0 amide bonds. The van der Waals surface area contributed by atoms with Crippen molar-refractivity contribution < 1.29 is 4.74 Å². The van der Waals surface area contributed by atoms with Crippen LogP contribution in [0.4, 0.5) is 5.69 Å². The molecule has 112 valence electrons. The molecule has 3 nitrogen and oxygen atoms in total. The molecule has 0 aromatic heterocycles.